The molecule has 0 aliphatic carbocycles. The van der Waals surface area contributed by atoms with Crippen molar-refractivity contribution in [3.63, 3.8) is 0 Å². The van der Waals surface area contributed by atoms with E-state index in [1.165, 1.54) is 0 Å². The molecule has 0 saturated heterocycles. The van der Waals surface area contributed by atoms with Crippen molar-refractivity contribution >= 4 is 15.9 Å². The minimum atomic E-state index is 0.655. The zero-order valence-electron chi connectivity index (χ0n) is 11.2. The first-order chi connectivity index (χ1) is 10.3. The molecule has 0 atom stereocenters. The first kappa shape index (κ1) is 13.6. The summed E-state index contributed by atoms with van der Waals surface area (Å²) in [7, 11) is 0. The maximum atomic E-state index is 8.86. The lowest BCUT2D eigenvalue weighted by molar-refractivity contribution is 0.846. The molecule has 0 bridgehead atoms. The Morgan fingerprint density at radius 2 is 1.76 bits per heavy atom. The van der Waals surface area contributed by atoms with Crippen molar-refractivity contribution in [2.75, 3.05) is 0 Å². The largest absolute Gasteiger partial charge is 0.236 e. The SMILES string of the molecule is N#Cc1ccc(-c2cc(CBr)n(-c3ccccc3)n2)cc1. The number of halogens is 1. The Balaban J connectivity index is 2.05. The second-order valence-corrected chi connectivity index (χ2v) is 5.15. The molecular formula is C17H12BrN3. The quantitative estimate of drug-likeness (QED) is 0.668. The van der Waals surface area contributed by atoms with E-state index in [0.29, 0.717) is 5.56 Å². The highest BCUT2D eigenvalue weighted by molar-refractivity contribution is 9.08. The Hall–Kier alpha value is -2.38. The number of nitrogens with zero attached hydrogens (tertiary/aromatic N) is 3. The van der Waals surface area contributed by atoms with Crippen LogP contribution in [0.3, 0.4) is 0 Å². The highest BCUT2D eigenvalue weighted by atomic mass is 79.9. The standard InChI is InChI=1S/C17H12BrN3/c18-11-16-10-17(14-8-6-13(12-19)7-9-14)20-21(16)15-4-2-1-3-5-15/h1-10H,11H2. The lowest BCUT2D eigenvalue weighted by Gasteiger charge is -2.04. The predicted octanol–water partition coefficient (Wildman–Crippen LogP) is 4.31. The van der Waals surface area contributed by atoms with Gasteiger partial charge in [-0.25, -0.2) is 4.68 Å². The van der Waals surface area contributed by atoms with Gasteiger partial charge in [-0.05, 0) is 30.3 Å². The van der Waals surface area contributed by atoms with Crippen molar-refractivity contribution in [1.29, 1.82) is 5.26 Å². The van der Waals surface area contributed by atoms with Crippen LogP contribution >= 0.6 is 15.9 Å². The van der Waals surface area contributed by atoms with Crippen LogP contribution < -0.4 is 0 Å². The number of hydrogen-bond acceptors (Lipinski definition) is 2. The van der Waals surface area contributed by atoms with Crippen LogP contribution in [-0.4, -0.2) is 9.78 Å². The number of benzene rings is 2. The van der Waals surface area contributed by atoms with E-state index in [9.17, 15) is 0 Å². The zero-order valence-corrected chi connectivity index (χ0v) is 12.8. The van der Waals surface area contributed by atoms with Crippen LogP contribution in [0.4, 0.5) is 0 Å². The Bertz CT molecular complexity index is 783. The Morgan fingerprint density at radius 1 is 1.05 bits per heavy atom. The third-order valence-electron chi connectivity index (χ3n) is 3.23. The van der Waals surface area contributed by atoms with E-state index in [4.69, 9.17) is 5.26 Å². The van der Waals surface area contributed by atoms with Gasteiger partial charge in [0.05, 0.1) is 28.7 Å². The van der Waals surface area contributed by atoms with Crippen LogP contribution in [0.15, 0.2) is 60.7 Å². The van der Waals surface area contributed by atoms with Crippen molar-refractivity contribution in [3.8, 4) is 23.0 Å². The van der Waals surface area contributed by atoms with Crippen molar-refractivity contribution in [2.24, 2.45) is 0 Å². The number of aromatic nitrogens is 2. The molecular weight excluding hydrogens is 326 g/mol. The van der Waals surface area contributed by atoms with Gasteiger partial charge in [-0.3, -0.25) is 0 Å². The van der Waals surface area contributed by atoms with E-state index < -0.39 is 0 Å². The molecule has 2 aromatic carbocycles. The summed E-state index contributed by atoms with van der Waals surface area (Å²) < 4.78 is 1.93. The predicted molar refractivity (Wildman–Crippen MR) is 86.3 cm³/mol. The summed E-state index contributed by atoms with van der Waals surface area (Å²) in [6.07, 6.45) is 0. The molecule has 3 rings (SSSR count). The summed E-state index contributed by atoms with van der Waals surface area (Å²) in [6, 6.07) is 21.7. The van der Waals surface area contributed by atoms with E-state index in [0.717, 1.165) is 28.0 Å². The van der Waals surface area contributed by atoms with Gasteiger partial charge in [0.1, 0.15) is 0 Å². The maximum Gasteiger partial charge on any atom is 0.0991 e. The number of hydrogen-bond donors (Lipinski definition) is 0. The fourth-order valence-electron chi connectivity index (χ4n) is 2.16. The molecule has 0 aliphatic rings. The van der Waals surface area contributed by atoms with E-state index in [-0.39, 0.29) is 0 Å². The van der Waals surface area contributed by atoms with Gasteiger partial charge < -0.3 is 0 Å². The lowest BCUT2D eigenvalue weighted by atomic mass is 10.1. The fraction of sp³-hybridized carbons (Fsp3) is 0.0588. The summed E-state index contributed by atoms with van der Waals surface area (Å²) >= 11 is 3.51. The fourth-order valence-corrected chi connectivity index (χ4v) is 2.56. The molecule has 1 heterocycles. The molecule has 0 aliphatic heterocycles. The Kier molecular flexibility index (Phi) is 3.85. The summed E-state index contributed by atoms with van der Waals surface area (Å²) in [5.41, 5.74) is 4.68. The number of nitriles is 1. The average Bonchev–Trinajstić information content (AvgIpc) is 3.00. The monoisotopic (exact) mass is 337 g/mol. The topological polar surface area (TPSA) is 41.6 Å². The Labute approximate surface area is 131 Å². The first-order valence-corrected chi connectivity index (χ1v) is 7.65. The number of para-hydroxylation sites is 1. The molecule has 0 fully saturated rings. The van der Waals surface area contributed by atoms with Gasteiger partial charge in [-0.15, -0.1) is 0 Å². The lowest BCUT2D eigenvalue weighted by Crippen LogP contribution is -1.99. The Morgan fingerprint density at radius 3 is 2.38 bits per heavy atom. The average molecular weight is 338 g/mol. The van der Waals surface area contributed by atoms with Crippen LogP contribution in [-0.2, 0) is 5.33 Å². The molecule has 0 amide bonds. The molecule has 21 heavy (non-hydrogen) atoms. The normalized spacial score (nSPS) is 10.3. The van der Waals surface area contributed by atoms with Gasteiger partial charge >= 0.3 is 0 Å². The highest BCUT2D eigenvalue weighted by Crippen LogP contribution is 2.23. The second-order valence-electron chi connectivity index (χ2n) is 4.59. The van der Waals surface area contributed by atoms with Gasteiger partial charge in [0.2, 0.25) is 0 Å². The molecule has 0 N–H and O–H groups in total. The smallest absolute Gasteiger partial charge is 0.0991 e. The van der Waals surface area contributed by atoms with Crippen molar-refractivity contribution in [1.82, 2.24) is 9.78 Å². The van der Waals surface area contributed by atoms with Gasteiger partial charge in [0, 0.05) is 10.9 Å². The van der Waals surface area contributed by atoms with Crippen molar-refractivity contribution < 1.29 is 0 Å². The van der Waals surface area contributed by atoms with Crippen LogP contribution in [0.2, 0.25) is 0 Å². The van der Waals surface area contributed by atoms with E-state index >= 15 is 0 Å². The van der Waals surface area contributed by atoms with Crippen molar-refractivity contribution in [3.05, 3.63) is 71.9 Å². The van der Waals surface area contributed by atoms with Gasteiger partial charge in [-0.1, -0.05) is 46.3 Å². The molecule has 0 radical (unpaired) electrons. The zero-order chi connectivity index (χ0) is 14.7. The molecule has 4 heteroatoms. The van der Waals surface area contributed by atoms with Crippen LogP contribution in [0.1, 0.15) is 11.3 Å². The van der Waals surface area contributed by atoms with E-state index in [1.807, 2.05) is 59.3 Å². The highest BCUT2D eigenvalue weighted by Gasteiger charge is 2.10. The maximum absolute atomic E-state index is 8.86. The molecule has 0 saturated carbocycles. The van der Waals surface area contributed by atoms with Crippen LogP contribution in [0.5, 0.6) is 0 Å². The number of alkyl halides is 1. The molecule has 3 nitrogen and oxygen atoms in total. The van der Waals surface area contributed by atoms with E-state index in [2.05, 4.69) is 33.2 Å². The number of rotatable bonds is 3. The van der Waals surface area contributed by atoms with Gasteiger partial charge in [-0.2, -0.15) is 10.4 Å². The first-order valence-electron chi connectivity index (χ1n) is 6.52. The summed E-state index contributed by atoms with van der Waals surface area (Å²) in [4.78, 5) is 0. The second kappa shape index (κ2) is 5.94. The minimum absolute atomic E-state index is 0.655. The minimum Gasteiger partial charge on any atom is -0.236 e. The molecule has 3 aromatic rings. The van der Waals surface area contributed by atoms with Gasteiger partial charge in [0.15, 0.2) is 0 Å². The third kappa shape index (κ3) is 2.74. The molecule has 0 unspecified atom stereocenters. The summed E-state index contributed by atoms with van der Waals surface area (Å²) in [5.74, 6) is 0. The van der Waals surface area contributed by atoms with Crippen LogP contribution in [0, 0.1) is 11.3 Å². The molecule has 102 valence electrons. The van der Waals surface area contributed by atoms with Gasteiger partial charge in [0.25, 0.3) is 0 Å². The summed E-state index contributed by atoms with van der Waals surface area (Å²) in [6.45, 7) is 0. The van der Waals surface area contributed by atoms with E-state index in [1.54, 1.807) is 0 Å². The third-order valence-corrected chi connectivity index (χ3v) is 3.81. The molecule has 1 aromatic heterocycles. The van der Waals surface area contributed by atoms with Crippen LogP contribution in [0.25, 0.3) is 16.9 Å². The summed E-state index contributed by atoms with van der Waals surface area (Å²) in [5, 5.41) is 14.3. The molecule has 0 spiro atoms. The van der Waals surface area contributed by atoms with Crippen molar-refractivity contribution in [2.45, 2.75) is 5.33 Å².